The Kier molecular flexibility index (Phi) is 7.63. The molecular weight excluding hydrogens is 579 g/mol. The van der Waals surface area contributed by atoms with Crippen molar-refractivity contribution in [1.29, 1.82) is 0 Å². The summed E-state index contributed by atoms with van der Waals surface area (Å²) in [5.41, 5.74) is 1.72. The highest BCUT2D eigenvalue weighted by molar-refractivity contribution is 6.99. The SMILES string of the molecule is C[C@@H]1C[C@@H](O[Si](c2ccccc2)(c2ccccc2)C(C)(C)C)[C@@H]2C[C@H](n3cnc4c(NC(=O)c5ccccc5)ncnc43)O[C@@H]21. The summed E-state index contributed by atoms with van der Waals surface area (Å²) in [5, 5.41) is 5.38. The summed E-state index contributed by atoms with van der Waals surface area (Å²) < 4.78 is 16.4. The summed E-state index contributed by atoms with van der Waals surface area (Å²) in [7, 11) is -2.72. The minimum atomic E-state index is -2.72. The lowest BCUT2D eigenvalue weighted by molar-refractivity contribution is -0.0178. The predicted molar refractivity (Wildman–Crippen MR) is 178 cm³/mol. The summed E-state index contributed by atoms with van der Waals surface area (Å²) in [4.78, 5) is 26.4. The highest BCUT2D eigenvalue weighted by atomic mass is 28.4. The van der Waals surface area contributed by atoms with E-state index in [9.17, 15) is 4.79 Å². The van der Waals surface area contributed by atoms with Crippen LogP contribution in [0.5, 0.6) is 0 Å². The van der Waals surface area contributed by atoms with Gasteiger partial charge in [-0.1, -0.05) is 107 Å². The van der Waals surface area contributed by atoms with Crippen molar-refractivity contribution in [2.75, 3.05) is 5.32 Å². The number of hydrogen-bond donors (Lipinski definition) is 1. The van der Waals surface area contributed by atoms with Crippen LogP contribution in [-0.4, -0.2) is 46.0 Å². The van der Waals surface area contributed by atoms with Crippen LogP contribution >= 0.6 is 0 Å². The van der Waals surface area contributed by atoms with Crippen LogP contribution in [-0.2, 0) is 9.16 Å². The van der Waals surface area contributed by atoms with Gasteiger partial charge in [-0.05, 0) is 39.9 Å². The van der Waals surface area contributed by atoms with Crippen LogP contribution < -0.4 is 15.7 Å². The minimum Gasteiger partial charge on any atom is -0.404 e. The summed E-state index contributed by atoms with van der Waals surface area (Å²) in [6.45, 7) is 9.26. The molecule has 230 valence electrons. The molecule has 1 aliphatic heterocycles. The molecular formula is C36H39N5O3Si. The molecule has 45 heavy (non-hydrogen) atoms. The number of aromatic nitrogens is 4. The molecule has 1 amide bonds. The van der Waals surface area contributed by atoms with Gasteiger partial charge in [-0.3, -0.25) is 9.36 Å². The highest BCUT2D eigenvalue weighted by Crippen LogP contribution is 2.50. The molecule has 5 atom stereocenters. The Hall–Kier alpha value is -4.18. The number of benzene rings is 3. The average molecular weight is 618 g/mol. The smallest absolute Gasteiger partial charge is 0.261 e. The molecule has 7 rings (SSSR count). The van der Waals surface area contributed by atoms with E-state index in [0.717, 1.165) is 12.8 Å². The second-order valence-electron chi connectivity index (χ2n) is 13.4. The first-order chi connectivity index (χ1) is 21.8. The molecule has 3 heterocycles. The number of hydrogen-bond acceptors (Lipinski definition) is 6. The zero-order valence-corrected chi connectivity index (χ0v) is 27.1. The van der Waals surface area contributed by atoms with Gasteiger partial charge in [-0.25, -0.2) is 15.0 Å². The number of imidazole rings is 1. The van der Waals surface area contributed by atoms with Crippen molar-refractivity contribution in [3.8, 4) is 0 Å². The maximum atomic E-state index is 12.9. The van der Waals surface area contributed by atoms with Crippen LogP contribution in [0.1, 0.15) is 57.1 Å². The Balaban J connectivity index is 1.19. The largest absolute Gasteiger partial charge is 0.404 e. The Bertz CT molecular complexity index is 1750. The van der Waals surface area contributed by atoms with Crippen LogP contribution in [0.15, 0.2) is 104 Å². The second-order valence-corrected chi connectivity index (χ2v) is 17.6. The maximum Gasteiger partial charge on any atom is 0.261 e. The first-order valence-corrected chi connectivity index (χ1v) is 17.7. The second kappa shape index (κ2) is 11.6. The van der Waals surface area contributed by atoms with Gasteiger partial charge in [0.25, 0.3) is 14.2 Å². The summed E-state index contributed by atoms with van der Waals surface area (Å²) in [6.07, 6.45) is 4.83. The van der Waals surface area contributed by atoms with Crippen molar-refractivity contribution < 1.29 is 14.0 Å². The number of rotatable bonds is 7. The number of amides is 1. The van der Waals surface area contributed by atoms with E-state index in [4.69, 9.17) is 9.16 Å². The fourth-order valence-electron chi connectivity index (χ4n) is 7.46. The lowest BCUT2D eigenvalue weighted by Crippen LogP contribution is -2.68. The fourth-order valence-corrected chi connectivity index (χ4v) is 12.2. The van der Waals surface area contributed by atoms with E-state index in [1.54, 1.807) is 18.5 Å². The molecule has 0 radical (unpaired) electrons. The van der Waals surface area contributed by atoms with Gasteiger partial charge in [0, 0.05) is 17.9 Å². The number of nitrogens with one attached hydrogen (secondary N) is 1. The highest BCUT2D eigenvalue weighted by Gasteiger charge is 2.56. The predicted octanol–water partition coefficient (Wildman–Crippen LogP) is 5.97. The average Bonchev–Trinajstić information content (AvgIpc) is 3.76. The monoisotopic (exact) mass is 617 g/mol. The van der Waals surface area contributed by atoms with Crippen LogP contribution in [0.4, 0.5) is 5.82 Å². The third-order valence-corrected chi connectivity index (χ3v) is 14.6. The van der Waals surface area contributed by atoms with Crippen molar-refractivity contribution in [1.82, 2.24) is 19.5 Å². The zero-order chi connectivity index (χ0) is 31.2. The summed E-state index contributed by atoms with van der Waals surface area (Å²) in [5.74, 6) is 0.706. The van der Waals surface area contributed by atoms with Crippen LogP contribution in [0.3, 0.4) is 0 Å². The third-order valence-electron chi connectivity index (χ3n) is 9.53. The molecule has 0 unspecified atom stereocenters. The lowest BCUT2D eigenvalue weighted by Gasteiger charge is -2.45. The Labute approximate surface area is 265 Å². The molecule has 5 aromatic rings. The van der Waals surface area contributed by atoms with Crippen LogP contribution in [0.2, 0.25) is 5.04 Å². The standard InChI is InChI=1S/C36H39N5O3Si/c1-24-20-29(44-45(36(2,3)4,26-16-10-6-11-17-26)27-18-12-7-13-19-27)28-21-30(43-32(24)28)41-23-39-31-33(37-22-38-34(31)41)40-35(42)25-14-8-5-9-15-25/h5-19,22-24,28-30,32H,20-21H2,1-4H3,(H,37,38,40,42)/t24-,28+,29-,30-,32-/m1/s1. The maximum absolute atomic E-state index is 12.9. The Morgan fingerprint density at radius 2 is 1.51 bits per heavy atom. The van der Waals surface area contributed by atoms with Crippen molar-refractivity contribution >= 4 is 41.6 Å². The minimum absolute atomic E-state index is 0.0476. The van der Waals surface area contributed by atoms with Crippen molar-refractivity contribution in [3.05, 3.63) is 109 Å². The van der Waals surface area contributed by atoms with Gasteiger partial charge >= 0.3 is 0 Å². The van der Waals surface area contributed by atoms with E-state index in [1.165, 1.54) is 16.7 Å². The molecule has 2 aromatic heterocycles. The van der Waals surface area contributed by atoms with E-state index in [0.29, 0.717) is 28.5 Å². The first-order valence-electron chi connectivity index (χ1n) is 15.7. The molecule has 1 saturated carbocycles. The van der Waals surface area contributed by atoms with Gasteiger partial charge < -0.3 is 14.5 Å². The van der Waals surface area contributed by atoms with Crippen molar-refractivity contribution in [3.63, 3.8) is 0 Å². The third kappa shape index (κ3) is 5.18. The van der Waals surface area contributed by atoms with E-state index in [1.807, 2.05) is 22.8 Å². The topological polar surface area (TPSA) is 91.2 Å². The van der Waals surface area contributed by atoms with E-state index in [-0.39, 0.29) is 35.3 Å². The van der Waals surface area contributed by atoms with E-state index in [2.05, 4.69) is 109 Å². The quantitative estimate of drug-likeness (QED) is 0.227. The summed E-state index contributed by atoms with van der Waals surface area (Å²) in [6, 6.07) is 30.8. The number of fused-ring (bicyclic) bond motifs is 2. The fraction of sp³-hybridized carbons (Fsp3) is 0.333. The molecule has 8 nitrogen and oxygen atoms in total. The van der Waals surface area contributed by atoms with Gasteiger partial charge in [-0.15, -0.1) is 0 Å². The van der Waals surface area contributed by atoms with Crippen molar-refractivity contribution in [2.24, 2.45) is 11.8 Å². The molecule has 9 heteroatoms. The Morgan fingerprint density at radius 3 is 2.13 bits per heavy atom. The molecule has 2 fully saturated rings. The number of nitrogens with zero attached hydrogens (tertiary/aromatic N) is 4. The van der Waals surface area contributed by atoms with Crippen LogP contribution in [0.25, 0.3) is 11.2 Å². The first kappa shape index (κ1) is 29.5. The molecule has 2 aliphatic rings. The van der Waals surface area contributed by atoms with E-state index < -0.39 is 8.32 Å². The van der Waals surface area contributed by atoms with E-state index >= 15 is 0 Å². The molecule has 1 N–H and O–H groups in total. The van der Waals surface area contributed by atoms with Gasteiger partial charge in [0.05, 0.1) is 18.5 Å². The summed E-state index contributed by atoms with van der Waals surface area (Å²) >= 11 is 0. The molecule has 1 aliphatic carbocycles. The van der Waals surface area contributed by atoms with Crippen molar-refractivity contribution in [2.45, 2.75) is 64.0 Å². The molecule has 0 spiro atoms. The van der Waals surface area contributed by atoms with Crippen LogP contribution in [0, 0.1) is 11.8 Å². The Morgan fingerprint density at radius 1 is 0.889 bits per heavy atom. The lowest BCUT2D eigenvalue weighted by atomic mass is 10.0. The number of anilines is 1. The molecule has 1 saturated heterocycles. The molecule has 3 aromatic carbocycles. The van der Waals surface area contributed by atoms with Gasteiger partial charge in [-0.2, -0.15) is 0 Å². The van der Waals surface area contributed by atoms with Gasteiger partial charge in [0.1, 0.15) is 12.6 Å². The normalized spacial score (nSPS) is 23.2. The number of ether oxygens (including phenoxy) is 1. The number of carbonyl (C=O) groups excluding carboxylic acids is 1. The number of carbonyl (C=O) groups is 1. The zero-order valence-electron chi connectivity index (χ0n) is 26.1. The molecule has 0 bridgehead atoms. The van der Waals surface area contributed by atoms with Gasteiger partial charge in [0.2, 0.25) is 0 Å². The van der Waals surface area contributed by atoms with Gasteiger partial charge in [0.15, 0.2) is 17.0 Å².